The van der Waals surface area contributed by atoms with Gasteiger partial charge in [-0.1, -0.05) is 61.5 Å². The Hall–Kier alpha value is -4.05. The maximum atomic E-state index is 13.7. The van der Waals surface area contributed by atoms with Gasteiger partial charge in [0.2, 0.25) is 5.91 Å². The lowest BCUT2D eigenvalue weighted by Crippen LogP contribution is -2.47. The predicted octanol–water partition coefficient (Wildman–Crippen LogP) is 4.97. The SMILES string of the molecule is CCCN(CCC[C@H](NC(=O)c1ccc(CNCc2ncc[nH]2)cc1)C(=O)NC(C)c1cccc2ccccc12)CCOC. The number of hydrogen-bond acceptors (Lipinski definition) is 6. The topological polar surface area (TPSA) is 111 Å². The van der Waals surface area contributed by atoms with Crippen LogP contribution in [0.15, 0.2) is 79.1 Å². The third kappa shape index (κ3) is 9.74. The average Bonchev–Trinajstić information content (AvgIpc) is 3.56. The zero-order valence-electron chi connectivity index (χ0n) is 26.1. The minimum absolute atomic E-state index is 0.184. The zero-order chi connectivity index (χ0) is 31.1. The van der Waals surface area contributed by atoms with Crippen LogP contribution in [0.2, 0.25) is 0 Å². The number of fused-ring (bicyclic) bond motifs is 1. The molecule has 3 aromatic carbocycles. The molecular weight excluding hydrogens is 552 g/mol. The Labute approximate surface area is 260 Å². The molecule has 9 nitrogen and oxygen atoms in total. The fourth-order valence-electron chi connectivity index (χ4n) is 5.42. The number of nitrogens with zero attached hydrogens (tertiary/aromatic N) is 2. The normalized spacial score (nSPS) is 12.7. The number of hydrogen-bond donors (Lipinski definition) is 4. The molecule has 0 aliphatic heterocycles. The van der Waals surface area contributed by atoms with Crippen molar-refractivity contribution >= 4 is 22.6 Å². The molecular formula is C35H46N6O3. The van der Waals surface area contributed by atoms with Crippen molar-refractivity contribution in [2.45, 2.75) is 58.3 Å². The van der Waals surface area contributed by atoms with E-state index in [0.717, 1.165) is 60.2 Å². The third-order valence-electron chi connectivity index (χ3n) is 7.78. The van der Waals surface area contributed by atoms with Crippen molar-refractivity contribution in [1.82, 2.24) is 30.8 Å². The van der Waals surface area contributed by atoms with Crippen LogP contribution in [0.3, 0.4) is 0 Å². The second-order valence-electron chi connectivity index (χ2n) is 11.1. The molecule has 0 fully saturated rings. The maximum Gasteiger partial charge on any atom is 0.251 e. The van der Waals surface area contributed by atoms with Gasteiger partial charge in [0, 0.05) is 38.2 Å². The standard InChI is InChI=1S/C35H46N6O3/c1-4-20-41(22-23-44-3)21-8-13-32(35(43)39-26(2)30-12-7-10-28-9-5-6-11-31(28)30)40-34(42)29-16-14-27(15-17-29)24-36-25-33-37-18-19-38-33/h5-7,9-12,14-19,26,32,36H,4,8,13,20-25H2,1-3H3,(H,37,38)(H,39,43)(H,40,42)/t26?,32-/m0/s1. The van der Waals surface area contributed by atoms with Crippen LogP contribution >= 0.6 is 0 Å². The number of benzene rings is 3. The van der Waals surface area contributed by atoms with Gasteiger partial charge >= 0.3 is 0 Å². The molecule has 1 heterocycles. The van der Waals surface area contributed by atoms with Gasteiger partial charge in [-0.25, -0.2) is 4.98 Å². The van der Waals surface area contributed by atoms with Gasteiger partial charge in [-0.3, -0.25) is 9.59 Å². The fraction of sp³-hybridized carbons (Fsp3) is 0.400. The zero-order valence-corrected chi connectivity index (χ0v) is 26.1. The highest BCUT2D eigenvalue weighted by atomic mass is 16.5. The minimum Gasteiger partial charge on any atom is -0.383 e. The van der Waals surface area contributed by atoms with E-state index in [1.165, 1.54) is 0 Å². The number of amides is 2. The summed E-state index contributed by atoms with van der Waals surface area (Å²) in [5, 5.41) is 11.8. The van der Waals surface area contributed by atoms with Crippen molar-refractivity contribution in [2.24, 2.45) is 0 Å². The molecule has 1 aromatic heterocycles. The Balaban J connectivity index is 1.41. The van der Waals surface area contributed by atoms with Gasteiger partial charge in [-0.05, 0) is 73.3 Å². The summed E-state index contributed by atoms with van der Waals surface area (Å²) in [6.07, 6.45) is 5.86. The first kappa shape index (κ1) is 32.9. The highest BCUT2D eigenvalue weighted by molar-refractivity contribution is 5.97. The lowest BCUT2D eigenvalue weighted by atomic mass is 9.99. The number of carbonyl (C=O) groups excluding carboxylic acids is 2. The first-order chi connectivity index (χ1) is 21.5. The highest BCUT2D eigenvalue weighted by Crippen LogP contribution is 2.24. The average molecular weight is 599 g/mol. The molecule has 2 amide bonds. The van der Waals surface area contributed by atoms with Gasteiger partial charge in [-0.2, -0.15) is 0 Å². The van der Waals surface area contributed by atoms with Crippen LogP contribution in [0.25, 0.3) is 10.8 Å². The van der Waals surface area contributed by atoms with Crippen LogP contribution in [0.4, 0.5) is 0 Å². The molecule has 0 aliphatic carbocycles. The Bertz CT molecular complexity index is 1440. The Morgan fingerprint density at radius 3 is 2.50 bits per heavy atom. The van der Waals surface area contributed by atoms with Gasteiger partial charge in [0.15, 0.2) is 0 Å². The number of aromatic amines is 1. The van der Waals surface area contributed by atoms with Gasteiger partial charge in [-0.15, -0.1) is 0 Å². The van der Waals surface area contributed by atoms with E-state index < -0.39 is 6.04 Å². The number of aromatic nitrogens is 2. The van der Waals surface area contributed by atoms with E-state index >= 15 is 0 Å². The quantitative estimate of drug-likeness (QED) is 0.129. The summed E-state index contributed by atoms with van der Waals surface area (Å²) in [6, 6.07) is 20.9. The molecule has 0 bridgehead atoms. The van der Waals surface area contributed by atoms with Crippen molar-refractivity contribution < 1.29 is 14.3 Å². The number of rotatable bonds is 18. The first-order valence-electron chi connectivity index (χ1n) is 15.6. The Morgan fingerprint density at radius 1 is 0.955 bits per heavy atom. The van der Waals surface area contributed by atoms with Crippen LogP contribution in [0, 0.1) is 0 Å². The van der Waals surface area contributed by atoms with Gasteiger partial charge < -0.3 is 30.6 Å². The molecule has 0 aliphatic rings. The van der Waals surface area contributed by atoms with Crippen LogP contribution in [-0.4, -0.2) is 66.1 Å². The van der Waals surface area contributed by atoms with Gasteiger partial charge in [0.05, 0.1) is 19.2 Å². The van der Waals surface area contributed by atoms with Crippen LogP contribution in [-0.2, 0) is 22.6 Å². The molecule has 4 rings (SSSR count). The summed E-state index contributed by atoms with van der Waals surface area (Å²) >= 11 is 0. The molecule has 1 unspecified atom stereocenters. The second-order valence-corrected chi connectivity index (χ2v) is 11.1. The third-order valence-corrected chi connectivity index (χ3v) is 7.78. The van der Waals surface area contributed by atoms with Crippen molar-refractivity contribution in [1.29, 1.82) is 0 Å². The number of imidazole rings is 1. The van der Waals surface area contributed by atoms with Crippen LogP contribution in [0.5, 0.6) is 0 Å². The predicted molar refractivity (Wildman–Crippen MR) is 175 cm³/mol. The van der Waals surface area contributed by atoms with E-state index in [4.69, 9.17) is 4.74 Å². The number of ether oxygens (including phenoxy) is 1. The van der Waals surface area contributed by atoms with Crippen molar-refractivity contribution in [2.75, 3.05) is 33.4 Å². The summed E-state index contributed by atoms with van der Waals surface area (Å²) < 4.78 is 5.28. The lowest BCUT2D eigenvalue weighted by Gasteiger charge is -2.25. The summed E-state index contributed by atoms with van der Waals surface area (Å²) in [5.41, 5.74) is 2.62. The molecule has 0 spiro atoms. The smallest absolute Gasteiger partial charge is 0.251 e. The molecule has 0 radical (unpaired) electrons. The van der Waals surface area contributed by atoms with E-state index in [1.54, 1.807) is 31.6 Å². The van der Waals surface area contributed by atoms with Crippen LogP contribution < -0.4 is 16.0 Å². The van der Waals surface area contributed by atoms with Crippen molar-refractivity contribution in [3.8, 4) is 0 Å². The van der Waals surface area contributed by atoms with E-state index in [0.29, 0.717) is 31.7 Å². The molecule has 4 aromatic rings. The molecule has 0 saturated heterocycles. The lowest BCUT2D eigenvalue weighted by molar-refractivity contribution is -0.123. The van der Waals surface area contributed by atoms with E-state index in [-0.39, 0.29) is 17.9 Å². The minimum atomic E-state index is -0.666. The molecule has 44 heavy (non-hydrogen) atoms. The molecule has 2 atom stereocenters. The van der Waals surface area contributed by atoms with E-state index in [9.17, 15) is 9.59 Å². The fourth-order valence-corrected chi connectivity index (χ4v) is 5.42. The summed E-state index contributed by atoms with van der Waals surface area (Å²) in [5.74, 6) is 0.427. The van der Waals surface area contributed by atoms with E-state index in [1.807, 2.05) is 43.3 Å². The summed E-state index contributed by atoms with van der Waals surface area (Å²) in [4.78, 5) is 36.7. The summed E-state index contributed by atoms with van der Waals surface area (Å²) in [7, 11) is 1.71. The second kappa shape index (κ2) is 17.3. The largest absolute Gasteiger partial charge is 0.383 e. The maximum absolute atomic E-state index is 13.7. The molecule has 9 heteroatoms. The number of H-pyrrole nitrogens is 1. The van der Waals surface area contributed by atoms with Crippen molar-refractivity contribution in [3.63, 3.8) is 0 Å². The number of nitrogens with one attached hydrogen (secondary N) is 4. The molecule has 234 valence electrons. The van der Waals surface area contributed by atoms with E-state index in [2.05, 4.69) is 55.9 Å². The Morgan fingerprint density at radius 2 is 1.75 bits per heavy atom. The molecule has 4 N–H and O–H groups in total. The van der Waals surface area contributed by atoms with Crippen molar-refractivity contribution in [3.05, 3.63) is 102 Å². The highest BCUT2D eigenvalue weighted by Gasteiger charge is 2.24. The first-order valence-corrected chi connectivity index (χ1v) is 15.6. The number of carbonyl (C=O) groups is 2. The monoisotopic (exact) mass is 598 g/mol. The number of methoxy groups -OCH3 is 1. The van der Waals surface area contributed by atoms with Gasteiger partial charge in [0.1, 0.15) is 11.9 Å². The Kier molecular flexibility index (Phi) is 12.9. The van der Waals surface area contributed by atoms with Gasteiger partial charge in [0.25, 0.3) is 5.91 Å². The molecule has 0 saturated carbocycles. The summed E-state index contributed by atoms with van der Waals surface area (Å²) in [6.45, 7) is 8.73. The van der Waals surface area contributed by atoms with Crippen LogP contribution in [0.1, 0.15) is 66.5 Å².